The van der Waals surface area contributed by atoms with Crippen LogP contribution in [0.1, 0.15) is 127 Å². The number of amides is 5. The van der Waals surface area contributed by atoms with Crippen molar-refractivity contribution in [3.8, 4) is 11.3 Å². The highest BCUT2D eigenvalue weighted by Gasteiger charge is 2.56. The van der Waals surface area contributed by atoms with Crippen LogP contribution in [0.5, 0.6) is 0 Å². The molecule has 12 rings (SSSR count). The van der Waals surface area contributed by atoms with E-state index in [4.69, 9.17) is 9.97 Å². The van der Waals surface area contributed by atoms with Crippen LogP contribution in [0.2, 0.25) is 0 Å². The van der Waals surface area contributed by atoms with Gasteiger partial charge in [-0.2, -0.15) is 0 Å². The maximum Gasteiger partial charge on any atom is 0.239 e. The molecule has 17 heteroatoms. The van der Waals surface area contributed by atoms with Crippen molar-refractivity contribution < 1.29 is 24.0 Å². The van der Waals surface area contributed by atoms with E-state index in [1.54, 1.807) is 6.20 Å². The number of carbonyl (C=O) groups excluding carboxylic acids is 5. The predicted molar refractivity (Wildman–Crippen MR) is 279 cm³/mol. The van der Waals surface area contributed by atoms with Crippen LogP contribution in [0.3, 0.4) is 0 Å². The van der Waals surface area contributed by atoms with Crippen molar-refractivity contribution >= 4 is 57.9 Å². The molecule has 2 unspecified atom stereocenters. The summed E-state index contributed by atoms with van der Waals surface area (Å²) < 4.78 is 2.20. The van der Waals surface area contributed by atoms with Crippen molar-refractivity contribution in [2.24, 2.45) is 5.92 Å². The molecule has 73 heavy (non-hydrogen) atoms. The van der Waals surface area contributed by atoms with Gasteiger partial charge in [0.1, 0.15) is 11.3 Å². The van der Waals surface area contributed by atoms with Gasteiger partial charge >= 0.3 is 0 Å². The number of imide groups is 1. The Morgan fingerprint density at radius 1 is 0.781 bits per heavy atom. The zero-order valence-electron chi connectivity index (χ0n) is 42.9. The Labute approximate surface area is 428 Å². The first-order valence-corrected chi connectivity index (χ1v) is 27.7. The summed E-state index contributed by atoms with van der Waals surface area (Å²) in [5.74, 6) is 1.18. The molecule has 7 fully saturated rings. The van der Waals surface area contributed by atoms with Crippen LogP contribution in [-0.2, 0) is 29.4 Å². The molecule has 1 spiro atoms. The Balaban J connectivity index is 0.692. The number of anilines is 3. The number of nitrogens with one attached hydrogen (secondary N) is 2. The van der Waals surface area contributed by atoms with Crippen molar-refractivity contribution in [3.05, 3.63) is 60.0 Å². The number of fused-ring (bicyclic) bond motifs is 3. The van der Waals surface area contributed by atoms with Gasteiger partial charge in [0.15, 0.2) is 5.82 Å². The maximum atomic E-state index is 15.3. The molecule has 1 aromatic carbocycles. The van der Waals surface area contributed by atoms with E-state index < -0.39 is 5.41 Å². The number of piperazine rings is 1. The van der Waals surface area contributed by atoms with Gasteiger partial charge in [-0.15, -0.1) is 0 Å². The van der Waals surface area contributed by atoms with E-state index in [1.165, 1.54) is 19.3 Å². The quantitative estimate of drug-likeness (QED) is 0.172. The average molecular weight is 993 g/mol. The Kier molecular flexibility index (Phi) is 12.8. The molecule has 3 aromatic heterocycles. The van der Waals surface area contributed by atoms with Gasteiger partial charge in [0.2, 0.25) is 29.5 Å². The molecule has 9 heterocycles. The van der Waals surface area contributed by atoms with Crippen molar-refractivity contribution in [1.29, 1.82) is 0 Å². The highest BCUT2D eigenvalue weighted by atomic mass is 16.2. The number of imidazole rings is 1. The molecule has 17 nitrogen and oxygen atoms in total. The lowest BCUT2D eigenvalue weighted by Crippen LogP contribution is -2.60. The van der Waals surface area contributed by atoms with Crippen molar-refractivity contribution in [3.63, 3.8) is 0 Å². The van der Waals surface area contributed by atoms with Crippen LogP contribution in [0, 0.1) is 5.92 Å². The summed E-state index contributed by atoms with van der Waals surface area (Å²) in [5, 5.41) is 6.16. The van der Waals surface area contributed by atoms with Crippen LogP contribution < -0.4 is 20.4 Å². The second kappa shape index (κ2) is 19.4. The van der Waals surface area contributed by atoms with E-state index in [9.17, 15) is 19.2 Å². The van der Waals surface area contributed by atoms with E-state index in [-0.39, 0.29) is 59.5 Å². The minimum Gasteiger partial charge on any atom is -0.366 e. The summed E-state index contributed by atoms with van der Waals surface area (Å²) in [6.07, 6.45) is 15.3. The Hall–Kier alpha value is -5.94. The number of benzene rings is 1. The van der Waals surface area contributed by atoms with Crippen molar-refractivity contribution in [2.45, 2.75) is 146 Å². The first-order valence-electron chi connectivity index (χ1n) is 27.7. The first-order chi connectivity index (χ1) is 35.4. The van der Waals surface area contributed by atoms with Gasteiger partial charge in [0, 0.05) is 106 Å². The number of hydrogen-bond acceptors (Lipinski definition) is 12. The van der Waals surface area contributed by atoms with E-state index in [1.807, 2.05) is 35.2 Å². The molecular formula is C56H72N12O5. The highest BCUT2D eigenvalue weighted by Crippen LogP contribution is 2.52. The smallest absolute Gasteiger partial charge is 0.239 e. The summed E-state index contributed by atoms with van der Waals surface area (Å²) in [6, 6.07) is 13.5. The first kappa shape index (κ1) is 48.0. The number of piperidine rings is 4. The van der Waals surface area contributed by atoms with Crippen LogP contribution in [0.4, 0.5) is 17.3 Å². The van der Waals surface area contributed by atoms with Gasteiger partial charge in [-0.1, -0.05) is 18.6 Å². The van der Waals surface area contributed by atoms with Crippen LogP contribution in [0.15, 0.2) is 48.9 Å². The molecular weight excluding hydrogens is 921 g/mol. The zero-order valence-corrected chi connectivity index (χ0v) is 42.9. The molecule has 6 aliphatic heterocycles. The topological polar surface area (TPSA) is 172 Å². The summed E-state index contributed by atoms with van der Waals surface area (Å²) in [4.78, 5) is 95.5. The normalized spacial score (nSPS) is 25.6. The van der Waals surface area contributed by atoms with Crippen molar-refractivity contribution in [1.82, 2.24) is 44.4 Å². The lowest BCUT2D eigenvalue weighted by molar-refractivity contribution is -0.145. The Morgan fingerprint density at radius 2 is 1.52 bits per heavy atom. The summed E-state index contributed by atoms with van der Waals surface area (Å²) in [7, 11) is 0. The second-order valence-corrected chi connectivity index (χ2v) is 22.8. The standard InChI is InChI=1S/C56H72N12O5/c1-35(2)67-34-58-46-33-45(60-51(50(46)67)59-40-8-9-40)39-7-11-44-47(29-39)68(42-31-41(32-42)63-19-5-4-6-20-63)55(73)56(44)16-23-62(24-17-56)36(3)53(71)65-25-27-66(28-26-65)54(72)37-14-21-64(22-15-37)48-30-38(13-18-57-48)43-10-12-49(69)61-52(43)70/h7,11,13,18,29-30,33-37,40-43H,4-6,8-10,12,14-17,19-28,31-32H2,1-3H3,(H,59,60)(H,61,69,70)/t36?,41-,42+,43?. The molecule has 5 saturated heterocycles. The Bertz CT molecular complexity index is 2790. The highest BCUT2D eigenvalue weighted by molar-refractivity contribution is 6.09. The number of nitrogens with zero attached hydrogens (tertiary/aromatic N) is 10. The average Bonchev–Trinajstić information content (AvgIpc) is 4.07. The van der Waals surface area contributed by atoms with Crippen LogP contribution in [-0.4, -0.2) is 158 Å². The number of aromatic nitrogens is 4. The molecule has 2 saturated carbocycles. The molecule has 5 amide bonds. The van der Waals surface area contributed by atoms with Gasteiger partial charge in [-0.25, -0.2) is 15.0 Å². The lowest BCUT2D eigenvalue weighted by Gasteiger charge is -2.48. The molecule has 386 valence electrons. The van der Waals surface area contributed by atoms with E-state index in [0.717, 1.165) is 89.5 Å². The number of likely N-dealkylation sites (tertiary alicyclic amines) is 2. The Morgan fingerprint density at radius 3 is 2.23 bits per heavy atom. The maximum absolute atomic E-state index is 15.3. The molecule has 2 atom stereocenters. The molecule has 0 radical (unpaired) electrons. The van der Waals surface area contributed by atoms with Crippen molar-refractivity contribution in [2.75, 3.05) is 80.6 Å². The van der Waals surface area contributed by atoms with Crippen LogP contribution >= 0.6 is 0 Å². The largest absolute Gasteiger partial charge is 0.366 e. The van der Waals surface area contributed by atoms with Crippen LogP contribution in [0.25, 0.3) is 22.3 Å². The van der Waals surface area contributed by atoms with Gasteiger partial charge in [-0.3, -0.25) is 34.2 Å². The van der Waals surface area contributed by atoms with E-state index >= 15 is 4.79 Å². The van der Waals surface area contributed by atoms with Gasteiger partial charge < -0.3 is 34.4 Å². The second-order valence-electron chi connectivity index (χ2n) is 22.8. The van der Waals surface area contributed by atoms with Gasteiger partial charge in [-0.05, 0) is 140 Å². The minimum atomic E-state index is -0.645. The van der Waals surface area contributed by atoms with Gasteiger partial charge in [0.05, 0.1) is 34.9 Å². The fraction of sp³-hybridized carbons (Fsp3) is 0.607. The predicted octanol–water partition coefficient (Wildman–Crippen LogP) is 5.84. The zero-order chi connectivity index (χ0) is 50.1. The summed E-state index contributed by atoms with van der Waals surface area (Å²) in [5.41, 5.74) is 6.16. The number of rotatable bonds is 11. The number of hydrogen-bond donors (Lipinski definition) is 2. The third kappa shape index (κ3) is 8.95. The fourth-order valence-corrected chi connectivity index (χ4v) is 13.4. The summed E-state index contributed by atoms with van der Waals surface area (Å²) in [6.45, 7) is 13.4. The molecule has 2 N–H and O–H groups in total. The number of carbonyl (C=O) groups is 5. The summed E-state index contributed by atoms with van der Waals surface area (Å²) >= 11 is 0. The molecule has 0 bridgehead atoms. The van der Waals surface area contributed by atoms with E-state index in [2.05, 4.69) is 77.9 Å². The van der Waals surface area contributed by atoms with E-state index in [0.29, 0.717) is 103 Å². The number of pyridine rings is 2. The van der Waals surface area contributed by atoms with Gasteiger partial charge in [0.25, 0.3) is 0 Å². The molecule has 8 aliphatic rings. The lowest BCUT2D eigenvalue weighted by atomic mass is 9.73. The minimum absolute atomic E-state index is 0.0873. The molecule has 4 aromatic rings. The SMILES string of the molecule is CC(C(=O)N1CCN(C(=O)C2CCN(c3cc(C4CCC(=O)NC4=O)ccn3)CC2)CC1)N1CCC2(CC1)C(=O)N([C@H]1C[C@@H](N3CCCCC3)C1)c1cc(-c3cc4ncn(C(C)C)c4c(NC4CC4)n3)ccc12. The molecule has 2 aliphatic carbocycles. The third-order valence-electron chi connectivity index (χ3n) is 18.1. The third-order valence-corrected chi connectivity index (χ3v) is 18.1. The monoisotopic (exact) mass is 993 g/mol. The fourth-order valence-electron chi connectivity index (χ4n) is 13.4.